The second-order valence-electron chi connectivity index (χ2n) is 5.54. The molecule has 0 atom stereocenters. The summed E-state index contributed by atoms with van der Waals surface area (Å²) in [6.45, 7) is 5.49. The van der Waals surface area contributed by atoms with Crippen molar-refractivity contribution in [2.45, 2.75) is 20.8 Å². The molecule has 1 aromatic carbocycles. The summed E-state index contributed by atoms with van der Waals surface area (Å²) in [7, 11) is 0. The van der Waals surface area contributed by atoms with E-state index >= 15 is 0 Å². The quantitative estimate of drug-likeness (QED) is 0.674. The lowest BCUT2D eigenvalue weighted by Crippen LogP contribution is -2.21. The van der Waals surface area contributed by atoms with E-state index in [1.165, 1.54) is 11.3 Å². The third-order valence-corrected chi connectivity index (χ3v) is 4.61. The van der Waals surface area contributed by atoms with Gasteiger partial charge in [0.15, 0.2) is 5.13 Å². The van der Waals surface area contributed by atoms with Gasteiger partial charge in [-0.3, -0.25) is 10.3 Å². The molecule has 2 N–H and O–H groups in total. The molecule has 7 nitrogen and oxygen atoms in total. The van der Waals surface area contributed by atoms with Crippen molar-refractivity contribution in [3.8, 4) is 0 Å². The summed E-state index contributed by atoms with van der Waals surface area (Å²) in [6.07, 6.45) is 0. The average Bonchev–Trinajstić information content (AvgIpc) is 2.99. The molecule has 0 aliphatic carbocycles. The van der Waals surface area contributed by atoms with Gasteiger partial charge >= 0.3 is 12.0 Å². The number of rotatable bonds is 4. The minimum Gasteiger partial charge on any atom is -0.462 e. The van der Waals surface area contributed by atoms with E-state index in [2.05, 4.69) is 20.6 Å². The second-order valence-corrected chi connectivity index (χ2v) is 6.57. The number of aryl methyl sites for hydroxylation is 2. The number of anilines is 2. The normalized spacial score (nSPS) is 10.6. The van der Waals surface area contributed by atoms with Gasteiger partial charge in [0.1, 0.15) is 0 Å². The van der Waals surface area contributed by atoms with Crippen molar-refractivity contribution in [1.82, 2.24) is 9.97 Å². The lowest BCUT2D eigenvalue weighted by Gasteiger charge is -2.12. The van der Waals surface area contributed by atoms with Crippen molar-refractivity contribution < 1.29 is 14.3 Å². The van der Waals surface area contributed by atoms with Crippen LogP contribution in [0.3, 0.4) is 0 Å². The summed E-state index contributed by atoms with van der Waals surface area (Å²) in [4.78, 5) is 33.0. The maximum absolute atomic E-state index is 12.3. The molecule has 3 aromatic rings. The fourth-order valence-electron chi connectivity index (χ4n) is 2.44. The standard InChI is InChI=1S/C18H18N4O3S/c1-4-25-16(23)12-9-14(11(3)19-10(12)2)20-17(24)22-18-21-13-7-5-6-8-15(13)26-18/h5-9H,4H2,1-3H3,(H2,20,21,22,24). The van der Waals surface area contributed by atoms with E-state index in [1.807, 2.05) is 24.3 Å². The van der Waals surface area contributed by atoms with Crippen molar-refractivity contribution in [2.75, 3.05) is 17.2 Å². The van der Waals surface area contributed by atoms with Crippen LogP contribution >= 0.6 is 11.3 Å². The molecule has 0 spiro atoms. The molecular formula is C18H18N4O3S. The van der Waals surface area contributed by atoms with Gasteiger partial charge in [-0.25, -0.2) is 14.6 Å². The maximum Gasteiger partial charge on any atom is 0.340 e. The molecule has 2 heterocycles. The van der Waals surface area contributed by atoms with Crippen LogP contribution in [0.5, 0.6) is 0 Å². The lowest BCUT2D eigenvalue weighted by molar-refractivity contribution is 0.0525. The van der Waals surface area contributed by atoms with Gasteiger partial charge in [0, 0.05) is 0 Å². The van der Waals surface area contributed by atoms with E-state index in [-0.39, 0.29) is 6.61 Å². The van der Waals surface area contributed by atoms with E-state index < -0.39 is 12.0 Å². The van der Waals surface area contributed by atoms with Gasteiger partial charge in [0.25, 0.3) is 0 Å². The summed E-state index contributed by atoms with van der Waals surface area (Å²) in [5, 5.41) is 5.92. The Morgan fingerprint density at radius 3 is 2.62 bits per heavy atom. The summed E-state index contributed by atoms with van der Waals surface area (Å²) in [5.41, 5.74) is 2.75. The number of para-hydroxylation sites is 1. The molecule has 2 amide bonds. The summed E-state index contributed by atoms with van der Waals surface area (Å²) in [6, 6.07) is 8.76. The van der Waals surface area contributed by atoms with Crippen LogP contribution in [-0.2, 0) is 4.74 Å². The predicted octanol–water partition coefficient (Wildman–Crippen LogP) is 4.13. The molecule has 0 radical (unpaired) electrons. The number of fused-ring (bicyclic) bond motifs is 1. The van der Waals surface area contributed by atoms with E-state index in [1.54, 1.807) is 26.8 Å². The Hall–Kier alpha value is -3.00. The molecule has 0 unspecified atom stereocenters. The number of carbonyl (C=O) groups excluding carboxylic acids is 2. The molecule has 2 aromatic heterocycles. The van der Waals surface area contributed by atoms with E-state index in [9.17, 15) is 9.59 Å². The number of nitrogens with zero attached hydrogens (tertiary/aromatic N) is 2. The zero-order chi connectivity index (χ0) is 18.7. The number of carbonyl (C=O) groups is 2. The van der Waals surface area contributed by atoms with E-state index in [0.717, 1.165) is 10.2 Å². The molecule has 134 valence electrons. The van der Waals surface area contributed by atoms with Gasteiger partial charge in [-0.15, -0.1) is 0 Å². The number of urea groups is 1. The minimum atomic E-state index is -0.466. The van der Waals surface area contributed by atoms with E-state index in [0.29, 0.717) is 27.8 Å². The van der Waals surface area contributed by atoms with Gasteiger partial charge in [-0.1, -0.05) is 23.5 Å². The van der Waals surface area contributed by atoms with Gasteiger partial charge < -0.3 is 10.1 Å². The van der Waals surface area contributed by atoms with Crippen molar-refractivity contribution >= 4 is 44.4 Å². The van der Waals surface area contributed by atoms with Gasteiger partial charge in [-0.05, 0) is 39.0 Å². The topological polar surface area (TPSA) is 93.2 Å². The first kappa shape index (κ1) is 17.8. The molecule has 0 bridgehead atoms. The highest BCUT2D eigenvalue weighted by molar-refractivity contribution is 7.22. The third kappa shape index (κ3) is 3.80. The molecular weight excluding hydrogens is 352 g/mol. The predicted molar refractivity (Wildman–Crippen MR) is 102 cm³/mol. The first-order valence-corrected chi connectivity index (χ1v) is 8.88. The first-order valence-electron chi connectivity index (χ1n) is 8.07. The number of thiazole rings is 1. The number of ether oxygens (including phenoxy) is 1. The average molecular weight is 370 g/mol. The zero-order valence-corrected chi connectivity index (χ0v) is 15.4. The van der Waals surface area contributed by atoms with E-state index in [4.69, 9.17) is 4.74 Å². The van der Waals surface area contributed by atoms with Crippen molar-refractivity contribution in [2.24, 2.45) is 0 Å². The Morgan fingerprint density at radius 2 is 1.88 bits per heavy atom. The maximum atomic E-state index is 12.3. The van der Waals surface area contributed by atoms with Crippen LogP contribution in [0.1, 0.15) is 28.7 Å². The number of benzene rings is 1. The Bertz CT molecular complexity index is 951. The number of nitrogens with one attached hydrogen (secondary N) is 2. The van der Waals surface area contributed by atoms with Crippen LogP contribution in [0.15, 0.2) is 30.3 Å². The van der Waals surface area contributed by atoms with Crippen LogP contribution in [0.2, 0.25) is 0 Å². The Balaban J connectivity index is 1.78. The fraction of sp³-hybridized carbons (Fsp3) is 0.222. The van der Waals surface area contributed by atoms with Crippen molar-refractivity contribution in [1.29, 1.82) is 0 Å². The second kappa shape index (κ2) is 7.49. The smallest absolute Gasteiger partial charge is 0.340 e. The lowest BCUT2D eigenvalue weighted by atomic mass is 10.1. The van der Waals surface area contributed by atoms with Crippen molar-refractivity contribution in [3.63, 3.8) is 0 Å². The van der Waals surface area contributed by atoms with Crippen LogP contribution in [0, 0.1) is 13.8 Å². The largest absolute Gasteiger partial charge is 0.462 e. The first-order chi connectivity index (χ1) is 12.5. The number of amides is 2. The molecule has 8 heteroatoms. The number of esters is 1. The summed E-state index contributed by atoms with van der Waals surface area (Å²) >= 11 is 1.38. The zero-order valence-electron chi connectivity index (χ0n) is 14.6. The summed E-state index contributed by atoms with van der Waals surface area (Å²) < 4.78 is 6.01. The number of hydrogen-bond acceptors (Lipinski definition) is 6. The Labute approximate surface area is 154 Å². The molecule has 0 aliphatic heterocycles. The highest BCUT2D eigenvalue weighted by Crippen LogP contribution is 2.25. The minimum absolute atomic E-state index is 0.271. The SMILES string of the molecule is CCOC(=O)c1cc(NC(=O)Nc2nc3ccccc3s2)c(C)nc1C. The Kier molecular flexibility index (Phi) is 5.13. The summed E-state index contributed by atoms with van der Waals surface area (Å²) in [5.74, 6) is -0.466. The van der Waals surface area contributed by atoms with Crippen LogP contribution in [0.25, 0.3) is 10.2 Å². The molecule has 0 fully saturated rings. The Morgan fingerprint density at radius 1 is 1.12 bits per heavy atom. The number of pyridine rings is 1. The monoisotopic (exact) mass is 370 g/mol. The van der Waals surface area contributed by atoms with Gasteiger partial charge in [0.05, 0.1) is 39.5 Å². The number of aromatic nitrogens is 2. The third-order valence-electron chi connectivity index (χ3n) is 3.66. The number of hydrogen-bond donors (Lipinski definition) is 2. The van der Waals surface area contributed by atoms with Gasteiger partial charge in [-0.2, -0.15) is 0 Å². The molecule has 26 heavy (non-hydrogen) atoms. The van der Waals surface area contributed by atoms with Crippen LogP contribution in [0.4, 0.5) is 15.6 Å². The fourth-order valence-corrected chi connectivity index (χ4v) is 3.30. The highest BCUT2D eigenvalue weighted by atomic mass is 32.1. The van der Waals surface area contributed by atoms with Crippen molar-refractivity contribution in [3.05, 3.63) is 47.3 Å². The molecule has 0 saturated heterocycles. The molecule has 0 aliphatic rings. The van der Waals surface area contributed by atoms with Crippen LogP contribution in [-0.4, -0.2) is 28.6 Å². The molecule has 0 saturated carbocycles. The van der Waals surface area contributed by atoms with Gasteiger partial charge in [0.2, 0.25) is 0 Å². The molecule has 3 rings (SSSR count). The highest BCUT2D eigenvalue weighted by Gasteiger charge is 2.16. The van der Waals surface area contributed by atoms with Crippen LogP contribution < -0.4 is 10.6 Å².